The Balaban J connectivity index is 1.37. The Morgan fingerprint density at radius 1 is 0.737 bits per heavy atom. The van der Waals surface area contributed by atoms with Crippen LogP contribution in [0.15, 0.2) is 60.7 Å². The van der Waals surface area contributed by atoms with Crippen LogP contribution < -0.4 is 15.4 Å². The molecule has 38 heavy (non-hydrogen) atoms. The van der Waals surface area contributed by atoms with E-state index in [0.29, 0.717) is 17.9 Å². The van der Waals surface area contributed by atoms with Gasteiger partial charge in [-0.05, 0) is 91.8 Å². The van der Waals surface area contributed by atoms with Crippen LogP contribution >= 0.6 is 0 Å². The largest absolute Gasteiger partial charge is 0.457 e. The number of nitrogens with one attached hydrogen (secondary N) is 2. The summed E-state index contributed by atoms with van der Waals surface area (Å²) in [6.07, 6.45) is 2.10. The van der Waals surface area contributed by atoms with Crippen LogP contribution in [0.3, 0.4) is 0 Å². The van der Waals surface area contributed by atoms with Gasteiger partial charge in [0.05, 0.1) is 0 Å². The van der Waals surface area contributed by atoms with Crippen molar-refractivity contribution in [3.05, 3.63) is 82.9 Å². The number of para-hydroxylation sites is 1. The molecule has 0 radical (unpaired) electrons. The van der Waals surface area contributed by atoms with Crippen molar-refractivity contribution in [1.29, 1.82) is 0 Å². The number of amides is 2. The van der Waals surface area contributed by atoms with Gasteiger partial charge in [0.2, 0.25) is 5.91 Å². The van der Waals surface area contributed by atoms with E-state index in [2.05, 4.69) is 16.7 Å². The fourth-order valence-corrected chi connectivity index (χ4v) is 4.15. The first-order chi connectivity index (χ1) is 18.3. The lowest BCUT2D eigenvalue weighted by atomic mass is 10.0. The van der Waals surface area contributed by atoms with Gasteiger partial charge in [-0.1, -0.05) is 38.1 Å². The minimum Gasteiger partial charge on any atom is -0.457 e. The number of anilines is 2. The molecule has 0 bridgehead atoms. The molecule has 0 spiro atoms. The molecule has 7 nitrogen and oxygen atoms in total. The van der Waals surface area contributed by atoms with E-state index >= 15 is 0 Å². The van der Waals surface area contributed by atoms with Crippen LogP contribution in [0.5, 0.6) is 11.5 Å². The van der Waals surface area contributed by atoms with Crippen LogP contribution in [0.2, 0.25) is 0 Å². The lowest BCUT2D eigenvalue weighted by molar-refractivity contribution is -0.147. The number of benzene rings is 3. The molecule has 3 aromatic carbocycles. The highest BCUT2D eigenvalue weighted by Gasteiger charge is 2.13. The summed E-state index contributed by atoms with van der Waals surface area (Å²) in [7, 11) is 0. The molecule has 0 aliphatic rings. The number of esters is 1. The van der Waals surface area contributed by atoms with Gasteiger partial charge in [-0.15, -0.1) is 0 Å². The summed E-state index contributed by atoms with van der Waals surface area (Å²) < 4.78 is 11.0. The zero-order valence-electron chi connectivity index (χ0n) is 22.6. The van der Waals surface area contributed by atoms with Gasteiger partial charge in [0.1, 0.15) is 11.5 Å². The van der Waals surface area contributed by atoms with Crippen molar-refractivity contribution in [1.82, 2.24) is 0 Å². The summed E-state index contributed by atoms with van der Waals surface area (Å²) >= 11 is 0. The summed E-state index contributed by atoms with van der Waals surface area (Å²) in [5.74, 6) is 0.336. The Labute approximate surface area is 224 Å². The van der Waals surface area contributed by atoms with E-state index in [1.165, 1.54) is 0 Å². The van der Waals surface area contributed by atoms with E-state index in [9.17, 15) is 14.4 Å². The van der Waals surface area contributed by atoms with E-state index in [1.807, 2.05) is 58.0 Å². The van der Waals surface area contributed by atoms with Gasteiger partial charge in [-0.25, -0.2) is 0 Å². The number of hydrogen-bond donors (Lipinski definition) is 2. The number of rotatable bonds is 12. The van der Waals surface area contributed by atoms with Crippen molar-refractivity contribution >= 4 is 29.2 Å². The quantitative estimate of drug-likeness (QED) is 0.268. The molecule has 2 amide bonds. The Hall–Kier alpha value is -4.13. The average molecular weight is 517 g/mol. The molecule has 2 N–H and O–H groups in total. The number of ether oxygens (including phenoxy) is 2. The molecular formula is C31H36N2O5. The van der Waals surface area contributed by atoms with Gasteiger partial charge in [0, 0.05) is 24.2 Å². The van der Waals surface area contributed by atoms with E-state index in [-0.39, 0.29) is 31.3 Å². The van der Waals surface area contributed by atoms with Gasteiger partial charge in [0.15, 0.2) is 6.61 Å². The van der Waals surface area contributed by atoms with Crippen molar-refractivity contribution in [2.75, 3.05) is 17.2 Å². The topological polar surface area (TPSA) is 93.7 Å². The molecule has 0 heterocycles. The summed E-state index contributed by atoms with van der Waals surface area (Å²) in [6.45, 7) is 7.73. The van der Waals surface area contributed by atoms with E-state index in [4.69, 9.17) is 9.47 Å². The Kier molecular flexibility index (Phi) is 10.5. The third kappa shape index (κ3) is 8.76. The first-order valence-corrected chi connectivity index (χ1v) is 13.0. The Morgan fingerprint density at radius 3 is 1.97 bits per heavy atom. The highest BCUT2D eigenvalue weighted by atomic mass is 16.5. The van der Waals surface area contributed by atoms with Crippen LogP contribution in [0.25, 0.3) is 0 Å². The molecule has 0 saturated carbocycles. The molecule has 0 fully saturated rings. The second-order valence-corrected chi connectivity index (χ2v) is 9.22. The molecule has 0 atom stereocenters. The standard InChI is InChI=1S/C31H36N2O5/c1-5-23-9-7-10-24(6-2)31(23)33-29(35)20-37-30(36)12-8-11-28(34)32-25-13-15-26(16-14-25)38-27-18-21(3)17-22(4)19-27/h7,9-10,13-19H,5-6,8,11-12,20H2,1-4H3,(H,32,34)(H,33,35). The SMILES string of the molecule is CCc1cccc(CC)c1NC(=O)COC(=O)CCCC(=O)Nc1ccc(Oc2cc(C)cc(C)c2)cc1. The van der Waals surface area contributed by atoms with Gasteiger partial charge >= 0.3 is 5.97 Å². The van der Waals surface area contributed by atoms with Crippen LogP contribution in [0.1, 0.15) is 55.4 Å². The summed E-state index contributed by atoms with van der Waals surface area (Å²) in [4.78, 5) is 36.7. The number of carbonyl (C=O) groups is 3. The third-order valence-electron chi connectivity index (χ3n) is 5.98. The summed E-state index contributed by atoms with van der Waals surface area (Å²) in [5.41, 5.74) is 5.76. The fraction of sp³-hybridized carbons (Fsp3) is 0.323. The fourth-order valence-electron chi connectivity index (χ4n) is 4.15. The number of aryl methyl sites for hydroxylation is 4. The number of hydrogen-bond acceptors (Lipinski definition) is 5. The average Bonchev–Trinajstić information content (AvgIpc) is 2.88. The Morgan fingerprint density at radius 2 is 1.37 bits per heavy atom. The van der Waals surface area contributed by atoms with Gasteiger partial charge < -0.3 is 20.1 Å². The molecule has 200 valence electrons. The normalized spacial score (nSPS) is 10.5. The highest BCUT2D eigenvalue weighted by molar-refractivity contribution is 5.94. The first-order valence-electron chi connectivity index (χ1n) is 13.0. The zero-order valence-corrected chi connectivity index (χ0v) is 22.6. The molecule has 0 aliphatic heterocycles. The molecule has 0 unspecified atom stereocenters. The highest BCUT2D eigenvalue weighted by Crippen LogP contribution is 2.25. The maximum Gasteiger partial charge on any atom is 0.306 e. The zero-order chi connectivity index (χ0) is 27.5. The van der Waals surface area contributed by atoms with Crippen molar-refractivity contribution < 1.29 is 23.9 Å². The molecule has 3 rings (SSSR count). The molecule has 0 aliphatic carbocycles. The van der Waals surface area contributed by atoms with E-state index < -0.39 is 5.97 Å². The summed E-state index contributed by atoms with van der Waals surface area (Å²) in [5, 5.41) is 5.68. The molecule has 0 aromatic heterocycles. The van der Waals surface area contributed by atoms with Crippen LogP contribution in [0, 0.1) is 13.8 Å². The third-order valence-corrected chi connectivity index (χ3v) is 5.98. The van der Waals surface area contributed by atoms with Crippen LogP contribution in [-0.4, -0.2) is 24.4 Å². The summed E-state index contributed by atoms with van der Waals surface area (Å²) in [6, 6.07) is 19.0. The van der Waals surface area contributed by atoms with Crippen molar-refractivity contribution in [2.24, 2.45) is 0 Å². The van der Waals surface area contributed by atoms with E-state index in [0.717, 1.165) is 46.5 Å². The Bertz CT molecular complexity index is 1230. The smallest absolute Gasteiger partial charge is 0.306 e. The van der Waals surface area contributed by atoms with Gasteiger partial charge in [-0.3, -0.25) is 14.4 Å². The first kappa shape index (κ1) is 28.4. The van der Waals surface area contributed by atoms with Crippen molar-refractivity contribution in [3.8, 4) is 11.5 Å². The van der Waals surface area contributed by atoms with Crippen LogP contribution in [0.4, 0.5) is 11.4 Å². The minimum absolute atomic E-state index is 0.0507. The van der Waals surface area contributed by atoms with Crippen molar-refractivity contribution in [3.63, 3.8) is 0 Å². The lowest BCUT2D eigenvalue weighted by Crippen LogP contribution is -2.22. The predicted molar refractivity (Wildman–Crippen MR) is 150 cm³/mol. The van der Waals surface area contributed by atoms with E-state index in [1.54, 1.807) is 24.3 Å². The van der Waals surface area contributed by atoms with Crippen molar-refractivity contribution in [2.45, 2.75) is 59.8 Å². The van der Waals surface area contributed by atoms with Gasteiger partial charge in [-0.2, -0.15) is 0 Å². The molecule has 0 saturated heterocycles. The van der Waals surface area contributed by atoms with Gasteiger partial charge in [0.25, 0.3) is 5.91 Å². The second kappa shape index (κ2) is 14.0. The van der Waals surface area contributed by atoms with Crippen LogP contribution in [-0.2, 0) is 32.0 Å². The minimum atomic E-state index is -0.514. The second-order valence-electron chi connectivity index (χ2n) is 9.22. The maximum atomic E-state index is 12.3. The monoisotopic (exact) mass is 516 g/mol. The predicted octanol–water partition coefficient (Wildman–Crippen LogP) is 6.51. The molecule has 3 aromatic rings. The molecular weight excluding hydrogens is 480 g/mol. The molecule has 7 heteroatoms. The number of carbonyl (C=O) groups excluding carboxylic acids is 3. The lowest BCUT2D eigenvalue weighted by Gasteiger charge is -2.14. The maximum absolute atomic E-state index is 12.3.